The molecule has 0 bridgehead atoms. The number of hydrogen-bond acceptors (Lipinski definition) is 4. The molecule has 0 saturated heterocycles. The number of furan rings is 1. The summed E-state index contributed by atoms with van der Waals surface area (Å²) in [4.78, 5) is 1.94. The number of aliphatic hydroxyl groups is 1. The fraction of sp³-hybridized carbons (Fsp3) is 0.238. The monoisotopic (exact) mass is 355 g/mol. The third-order valence-corrected chi connectivity index (χ3v) is 3.97. The maximum Gasteiger partial charge on any atom is 0.127 e. The molecule has 136 valence electrons. The van der Waals surface area contributed by atoms with Crippen molar-refractivity contribution in [2.24, 2.45) is 0 Å². The third-order valence-electron chi connectivity index (χ3n) is 3.97. The molecule has 26 heavy (non-hydrogen) atoms. The smallest absolute Gasteiger partial charge is 0.127 e. The van der Waals surface area contributed by atoms with Crippen LogP contribution in [0.3, 0.4) is 0 Å². The first-order valence-corrected chi connectivity index (χ1v) is 8.55. The van der Waals surface area contributed by atoms with Crippen LogP contribution in [0.5, 0.6) is 5.75 Å². The molecule has 5 heteroatoms. The molecule has 0 amide bonds. The van der Waals surface area contributed by atoms with Gasteiger partial charge in [-0.2, -0.15) is 0 Å². The number of nitrogens with zero attached hydrogens (tertiary/aromatic N) is 1. The second-order valence-corrected chi connectivity index (χ2v) is 6.12. The molecule has 2 aromatic carbocycles. The van der Waals surface area contributed by atoms with Crippen LogP contribution in [0.25, 0.3) is 0 Å². The summed E-state index contributed by atoms with van der Waals surface area (Å²) in [5, 5.41) is 10.4. The van der Waals surface area contributed by atoms with Crippen molar-refractivity contribution in [1.29, 1.82) is 0 Å². The summed E-state index contributed by atoms with van der Waals surface area (Å²) in [6.07, 6.45) is 0.892. The second-order valence-electron chi connectivity index (χ2n) is 6.12. The molecule has 0 aliphatic heterocycles. The summed E-state index contributed by atoms with van der Waals surface area (Å²) in [5.41, 5.74) is 0.579. The highest BCUT2D eigenvalue weighted by Gasteiger charge is 2.16. The minimum atomic E-state index is -0.711. The molecule has 0 spiro atoms. The first-order valence-electron chi connectivity index (χ1n) is 8.55. The van der Waals surface area contributed by atoms with Crippen molar-refractivity contribution >= 4 is 0 Å². The van der Waals surface area contributed by atoms with Crippen molar-refractivity contribution in [3.05, 3.63) is 90.1 Å². The van der Waals surface area contributed by atoms with E-state index in [1.54, 1.807) is 24.5 Å². The summed E-state index contributed by atoms with van der Waals surface area (Å²) in [7, 11) is 0. The van der Waals surface area contributed by atoms with Crippen molar-refractivity contribution in [2.45, 2.75) is 19.2 Å². The number of rotatable bonds is 9. The second kappa shape index (κ2) is 9.17. The highest BCUT2D eigenvalue weighted by Crippen LogP contribution is 2.15. The molecule has 1 atom stereocenters. The van der Waals surface area contributed by atoms with Gasteiger partial charge in [-0.3, -0.25) is 4.90 Å². The van der Waals surface area contributed by atoms with Crippen molar-refractivity contribution < 1.29 is 18.7 Å². The Morgan fingerprint density at radius 1 is 0.962 bits per heavy atom. The summed E-state index contributed by atoms with van der Waals surface area (Å²) in [6.45, 7) is 1.34. The first-order chi connectivity index (χ1) is 12.7. The Kier molecular flexibility index (Phi) is 6.41. The zero-order valence-corrected chi connectivity index (χ0v) is 14.4. The van der Waals surface area contributed by atoms with E-state index in [0.29, 0.717) is 30.9 Å². The van der Waals surface area contributed by atoms with Crippen LogP contribution < -0.4 is 4.74 Å². The standard InChI is InChI=1S/C21H22FNO3/c22-21-11-5-4-7-17(21)13-23(15-20-10-6-12-25-20)14-18(24)16-26-19-8-2-1-3-9-19/h1-12,18,24H,13-16H2/t18-/m1/s1. The van der Waals surface area contributed by atoms with Crippen molar-refractivity contribution in [3.63, 3.8) is 0 Å². The number of ether oxygens (including phenoxy) is 1. The zero-order chi connectivity index (χ0) is 18.2. The molecule has 0 fully saturated rings. The van der Waals surface area contributed by atoms with Gasteiger partial charge in [0.2, 0.25) is 0 Å². The SMILES string of the molecule is O[C@@H](COc1ccccc1)CN(Cc1ccco1)Cc1ccccc1F. The number of halogens is 1. The maximum atomic E-state index is 14.0. The lowest BCUT2D eigenvalue weighted by Gasteiger charge is -2.24. The molecule has 0 aliphatic rings. The van der Waals surface area contributed by atoms with E-state index < -0.39 is 6.10 Å². The fourth-order valence-corrected chi connectivity index (χ4v) is 2.74. The molecule has 0 unspecified atom stereocenters. The molecule has 1 N–H and O–H groups in total. The molecular weight excluding hydrogens is 333 g/mol. The molecule has 3 aromatic rings. The summed E-state index contributed by atoms with van der Waals surface area (Å²) >= 11 is 0. The van der Waals surface area contributed by atoms with Crippen LogP contribution in [0.4, 0.5) is 4.39 Å². The van der Waals surface area contributed by atoms with Crippen LogP contribution in [0.1, 0.15) is 11.3 Å². The molecule has 1 heterocycles. The maximum absolute atomic E-state index is 14.0. The lowest BCUT2D eigenvalue weighted by atomic mass is 10.2. The van der Waals surface area contributed by atoms with E-state index in [0.717, 1.165) is 5.76 Å². The van der Waals surface area contributed by atoms with E-state index in [2.05, 4.69) is 0 Å². The quantitative estimate of drug-likeness (QED) is 0.633. The van der Waals surface area contributed by atoms with Gasteiger partial charge in [-0.1, -0.05) is 36.4 Å². The minimum absolute atomic E-state index is 0.163. The van der Waals surface area contributed by atoms with E-state index in [1.165, 1.54) is 6.07 Å². The summed E-state index contributed by atoms with van der Waals surface area (Å²) in [5.74, 6) is 1.21. The van der Waals surface area contributed by atoms with Gasteiger partial charge in [0.15, 0.2) is 0 Å². The molecular formula is C21H22FNO3. The average molecular weight is 355 g/mol. The van der Waals surface area contributed by atoms with E-state index in [-0.39, 0.29) is 12.4 Å². The Morgan fingerprint density at radius 2 is 1.73 bits per heavy atom. The van der Waals surface area contributed by atoms with Crippen LogP contribution in [-0.2, 0) is 13.1 Å². The predicted octanol–water partition coefficient (Wildman–Crippen LogP) is 3.86. The van der Waals surface area contributed by atoms with E-state index in [9.17, 15) is 9.50 Å². The first kappa shape index (κ1) is 18.2. The Labute approximate surface area is 152 Å². The van der Waals surface area contributed by atoms with Gasteiger partial charge >= 0.3 is 0 Å². The van der Waals surface area contributed by atoms with Gasteiger partial charge in [-0.15, -0.1) is 0 Å². The molecule has 0 aliphatic carbocycles. The molecule has 4 nitrogen and oxygen atoms in total. The molecule has 3 rings (SSSR count). The fourth-order valence-electron chi connectivity index (χ4n) is 2.74. The lowest BCUT2D eigenvalue weighted by molar-refractivity contribution is 0.0601. The summed E-state index contributed by atoms with van der Waals surface area (Å²) < 4.78 is 25.0. The molecule has 0 saturated carbocycles. The number of hydrogen-bond donors (Lipinski definition) is 1. The van der Waals surface area contributed by atoms with E-state index in [4.69, 9.17) is 9.15 Å². The Hall–Kier alpha value is -2.63. The Balaban J connectivity index is 1.61. The van der Waals surface area contributed by atoms with Crippen LogP contribution >= 0.6 is 0 Å². The van der Waals surface area contributed by atoms with E-state index >= 15 is 0 Å². The average Bonchev–Trinajstić information content (AvgIpc) is 3.16. The largest absolute Gasteiger partial charge is 0.491 e. The number of para-hydroxylation sites is 1. The Bertz CT molecular complexity index is 777. The van der Waals surface area contributed by atoms with Gasteiger partial charge in [0.1, 0.15) is 30.0 Å². The minimum Gasteiger partial charge on any atom is -0.491 e. The highest BCUT2D eigenvalue weighted by molar-refractivity contribution is 5.21. The zero-order valence-electron chi connectivity index (χ0n) is 14.4. The van der Waals surface area contributed by atoms with Crippen LogP contribution in [0.2, 0.25) is 0 Å². The van der Waals surface area contributed by atoms with Gasteiger partial charge in [0.05, 0.1) is 12.8 Å². The van der Waals surface area contributed by atoms with Gasteiger partial charge in [0.25, 0.3) is 0 Å². The Morgan fingerprint density at radius 3 is 2.46 bits per heavy atom. The normalized spacial score (nSPS) is 12.3. The topological polar surface area (TPSA) is 45.8 Å². The highest BCUT2D eigenvalue weighted by atomic mass is 19.1. The molecule has 0 radical (unpaired) electrons. The van der Waals surface area contributed by atoms with Gasteiger partial charge < -0.3 is 14.3 Å². The predicted molar refractivity (Wildman–Crippen MR) is 97.2 cm³/mol. The number of aliphatic hydroxyl groups excluding tert-OH is 1. The lowest BCUT2D eigenvalue weighted by Crippen LogP contribution is -2.35. The summed E-state index contributed by atoms with van der Waals surface area (Å²) in [6, 6.07) is 19.7. The van der Waals surface area contributed by atoms with E-state index in [1.807, 2.05) is 47.4 Å². The van der Waals surface area contributed by atoms with Gasteiger partial charge in [-0.05, 0) is 30.3 Å². The van der Waals surface area contributed by atoms with Crippen molar-refractivity contribution in [2.75, 3.05) is 13.2 Å². The van der Waals surface area contributed by atoms with Crippen molar-refractivity contribution in [3.8, 4) is 5.75 Å². The van der Waals surface area contributed by atoms with Gasteiger partial charge in [-0.25, -0.2) is 4.39 Å². The third kappa shape index (κ3) is 5.44. The number of benzene rings is 2. The van der Waals surface area contributed by atoms with Gasteiger partial charge in [0, 0.05) is 18.7 Å². The van der Waals surface area contributed by atoms with Crippen LogP contribution in [0, 0.1) is 5.82 Å². The van der Waals surface area contributed by atoms with Crippen molar-refractivity contribution in [1.82, 2.24) is 4.90 Å². The van der Waals surface area contributed by atoms with Crippen LogP contribution in [-0.4, -0.2) is 29.3 Å². The van der Waals surface area contributed by atoms with Crippen LogP contribution in [0.15, 0.2) is 77.4 Å². The molecule has 1 aromatic heterocycles.